The molecule has 4 rings (SSSR count). The van der Waals surface area contributed by atoms with Gasteiger partial charge in [-0.1, -0.05) is 54.9 Å². The van der Waals surface area contributed by atoms with Gasteiger partial charge in [-0.15, -0.1) is 0 Å². The molecule has 0 saturated carbocycles. The molecule has 0 spiro atoms. The molecule has 0 N–H and O–H groups in total. The number of nitrogens with zero attached hydrogens (tertiary/aromatic N) is 3. The lowest BCUT2D eigenvalue weighted by Gasteiger charge is -2.44. The molecular formula is C32H44BrN3O6Si. The third kappa shape index (κ3) is 7.10. The number of anilines is 1. The number of fused-ring (bicyclic) bond motifs is 2. The summed E-state index contributed by atoms with van der Waals surface area (Å²) >= 11 is 3.44. The summed E-state index contributed by atoms with van der Waals surface area (Å²) in [6, 6.07) is 8.60. The minimum absolute atomic E-state index is 0.156. The Balaban J connectivity index is 1.89. The van der Waals surface area contributed by atoms with E-state index in [4.69, 9.17) is 18.6 Å². The maximum absolute atomic E-state index is 14.2. The molecule has 234 valence electrons. The van der Waals surface area contributed by atoms with E-state index in [0.717, 1.165) is 17.0 Å². The monoisotopic (exact) mass is 673 g/mol. The fourth-order valence-corrected chi connectivity index (χ4v) is 6.45. The molecule has 1 fully saturated rings. The van der Waals surface area contributed by atoms with E-state index < -0.39 is 32.3 Å². The van der Waals surface area contributed by atoms with Crippen LogP contribution in [-0.4, -0.2) is 61.7 Å². The van der Waals surface area contributed by atoms with E-state index in [2.05, 4.69) is 61.4 Å². The van der Waals surface area contributed by atoms with Crippen LogP contribution in [0.2, 0.25) is 18.1 Å². The summed E-state index contributed by atoms with van der Waals surface area (Å²) in [5.41, 5.74) is 2.37. The Morgan fingerprint density at radius 3 is 2.40 bits per heavy atom. The van der Waals surface area contributed by atoms with Gasteiger partial charge in [0.2, 0.25) is 0 Å². The standard InChI is InChI=1S/C32H44BrN3O6Si/c1-20-14-25-29(42-43(9,10)32(5,6)7)36(30(38)41-31(2,3)4)24-16-27(40-19-22-13-11-12-21(17-33)34-22)26(39-8)15-23(24)28(37)35(25)18-20/h11-13,15-16,25,29H,1,14,17-19H2,2-10H3/t25-,29-/m0/s1. The van der Waals surface area contributed by atoms with Crippen molar-refractivity contribution in [1.82, 2.24) is 9.88 Å². The van der Waals surface area contributed by atoms with Crippen molar-refractivity contribution in [3.8, 4) is 11.5 Å². The van der Waals surface area contributed by atoms with Gasteiger partial charge in [0, 0.05) is 17.9 Å². The second-order valence-electron chi connectivity index (χ2n) is 13.6. The van der Waals surface area contributed by atoms with E-state index in [0.29, 0.717) is 41.0 Å². The Labute approximate surface area is 264 Å². The number of pyridine rings is 1. The summed E-state index contributed by atoms with van der Waals surface area (Å²) in [5.74, 6) is 0.502. The lowest BCUT2D eigenvalue weighted by Crippen LogP contribution is -2.58. The van der Waals surface area contributed by atoms with Crippen molar-refractivity contribution in [2.45, 2.75) is 95.9 Å². The van der Waals surface area contributed by atoms with Gasteiger partial charge in [-0.3, -0.25) is 9.78 Å². The summed E-state index contributed by atoms with van der Waals surface area (Å²) < 4.78 is 24.9. The summed E-state index contributed by atoms with van der Waals surface area (Å²) in [4.78, 5) is 36.2. The fraction of sp³-hybridized carbons (Fsp3) is 0.531. The predicted octanol–water partition coefficient (Wildman–Crippen LogP) is 7.44. The molecule has 1 aromatic carbocycles. The van der Waals surface area contributed by atoms with Gasteiger partial charge in [-0.25, -0.2) is 9.69 Å². The van der Waals surface area contributed by atoms with Crippen molar-refractivity contribution >= 4 is 41.9 Å². The Kier molecular flexibility index (Phi) is 9.40. The molecule has 3 heterocycles. The Bertz CT molecular complexity index is 1400. The molecule has 2 aromatic rings. The second-order valence-corrected chi connectivity index (χ2v) is 19.0. The molecule has 2 aliphatic heterocycles. The molecule has 2 atom stereocenters. The summed E-state index contributed by atoms with van der Waals surface area (Å²) in [7, 11) is -0.948. The Morgan fingerprint density at radius 1 is 1.12 bits per heavy atom. The van der Waals surface area contributed by atoms with Gasteiger partial charge in [0.15, 0.2) is 26.0 Å². The third-order valence-electron chi connectivity index (χ3n) is 8.10. The van der Waals surface area contributed by atoms with Crippen molar-refractivity contribution in [2.24, 2.45) is 0 Å². The molecular weight excluding hydrogens is 630 g/mol. The van der Waals surface area contributed by atoms with Crippen molar-refractivity contribution in [3.05, 3.63) is 59.4 Å². The number of ether oxygens (including phenoxy) is 3. The van der Waals surface area contributed by atoms with E-state index in [9.17, 15) is 9.59 Å². The smallest absolute Gasteiger partial charge is 0.417 e. The van der Waals surface area contributed by atoms with Gasteiger partial charge in [0.1, 0.15) is 12.2 Å². The highest BCUT2D eigenvalue weighted by atomic mass is 79.9. The largest absolute Gasteiger partial charge is 0.493 e. The first-order valence-electron chi connectivity index (χ1n) is 14.5. The Morgan fingerprint density at radius 2 is 1.79 bits per heavy atom. The Hall–Kier alpha value is -2.89. The second kappa shape index (κ2) is 12.2. The third-order valence-corrected chi connectivity index (χ3v) is 13.1. The predicted molar refractivity (Wildman–Crippen MR) is 174 cm³/mol. The van der Waals surface area contributed by atoms with Crippen molar-refractivity contribution in [3.63, 3.8) is 0 Å². The zero-order valence-electron chi connectivity index (χ0n) is 26.7. The fourth-order valence-electron chi connectivity index (χ4n) is 4.92. The number of amides is 2. The summed E-state index contributed by atoms with van der Waals surface area (Å²) in [5, 5.41) is 0.465. The maximum Gasteiger partial charge on any atom is 0.417 e. The molecule has 43 heavy (non-hydrogen) atoms. The van der Waals surface area contributed by atoms with Crippen LogP contribution in [0.3, 0.4) is 0 Å². The number of methoxy groups -OCH3 is 1. The van der Waals surface area contributed by atoms with Gasteiger partial charge in [-0.05, 0) is 63.5 Å². The topological polar surface area (TPSA) is 90.4 Å². The number of benzene rings is 1. The average molecular weight is 675 g/mol. The maximum atomic E-state index is 14.2. The van der Waals surface area contributed by atoms with Crippen LogP contribution in [0.4, 0.5) is 10.5 Å². The zero-order valence-corrected chi connectivity index (χ0v) is 29.3. The van der Waals surface area contributed by atoms with Crippen molar-refractivity contribution in [1.29, 1.82) is 0 Å². The minimum atomic E-state index is -2.47. The number of halogens is 1. The summed E-state index contributed by atoms with van der Waals surface area (Å²) in [6.07, 6.45) is -0.903. The minimum Gasteiger partial charge on any atom is -0.493 e. The van der Waals surface area contributed by atoms with Gasteiger partial charge in [0.05, 0.1) is 35.8 Å². The molecule has 2 amide bonds. The van der Waals surface area contributed by atoms with Crippen LogP contribution in [0.25, 0.3) is 0 Å². The lowest BCUT2D eigenvalue weighted by atomic mass is 10.1. The number of aromatic nitrogens is 1. The van der Waals surface area contributed by atoms with E-state index >= 15 is 0 Å². The molecule has 0 aliphatic carbocycles. The number of hydrogen-bond donors (Lipinski definition) is 0. The van der Waals surface area contributed by atoms with Crippen LogP contribution in [0.15, 0.2) is 42.5 Å². The normalized spacial score (nSPS) is 19.1. The van der Waals surface area contributed by atoms with E-state index in [1.165, 1.54) is 12.0 Å². The van der Waals surface area contributed by atoms with Crippen LogP contribution in [0, 0.1) is 0 Å². The van der Waals surface area contributed by atoms with Crippen LogP contribution < -0.4 is 14.4 Å². The number of carbonyl (C=O) groups is 2. The molecule has 9 nitrogen and oxygen atoms in total. The highest BCUT2D eigenvalue weighted by Gasteiger charge is 2.51. The van der Waals surface area contributed by atoms with Crippen LogP contribution in [-0.2, 0) is 21.1 Å². The molecule has 0 radical (unpaired) electrons. The molecule has 1 aromatic heterocycles. The zero-order chi connectivity index (χ0) is 31.9. The highest BCUT2D eigenvalue weighted by molar-refractivity contribution is 9.08. The molecule has 0 unspecified atom stereocenters. The van der Waals surface area contributed by atoms with Gasteiger partial charge >= 0.3 is 6.09 Å². The highest BCUT2D eigenvalue weighted by Crippen LogP contribution is 2.45. The van der Waals surface area contributed by atoms with Crippen molar-refractivity contribution < 1.29 is 28.2 Å². The first kappa shape index (κ1) is 33.0. The van der Waals surface area contributed by atoms with Crippen LogP contribution in [0.1, 0.15) is 69.7 Å². The number of carbonyl (C=O) groups excluding carboxylic acids is 2. The molecule has 2 aliphatic rings. The molecule has 11 heteroatoms. The number of alkyl halides is 1. The van der Waals surface area contributed by atoms with E-state index in [1.807, 2.05) is 39.0 Å². The van der Waals surface area contributed by atoms with Crippen LogP contribution >= 0.6 is 15.9 Å². The van der Waals surface area contributed by atoms with E-state index in [-0.39, 0.29) is 17.6 Å². The quantitative estimate of drug-likeness (QED) is 0.171. The lowest BCUT2D eigenvalue weighted by molar-refractivity contribution is 0.0339. The van der Waals surface area contributed by atoms with Gasteiger partial charge < -0.3 is 23.5 Å². The first-order chi connectivity index (χ1) is 20.0. The molecule has 0 bridgehead atoms. The first-order valence-corrected chi connectivity index (χ1v) is 18.5. The SMILES string of the molecule is C=C1C[C@H]2[C@H](O[Si](C)(C)C(C)(C)C)N(C(=O)OC(C)(C)C)c3cc(OCc4cccc(CBr)n4)c(OC)cc3C(=O)N2C1. The van der Waals surface area contributed by atoms with Gasteiger partial charge in [0.25, 0.3) is 5.91 Å². The summed E-state index contributed by atoms with van der Waals surface area (Å²) in [6.45, 7) is 20.9. The number of hydrogen-bond acceptors (Lipinski definition) is 7. The van der Waals surface area contributed by atoms with Crippen LogP contribution in [0.5, 0.6) is 11.5 Å². The van der Waals surface area contributed by atoms with E-state index in [1.54, 1.807) is 17.0 Å². The average Bonchev–Trinajstić information content (AvgIpc) is 3.27. The van der Waals surface area contributed by atoms with Gasteiger partial charge in [-0.2, -0.15) is 0 Å². The number of rotatable bonds is 7. The molecule has 1 saturated heterocycles. The van der Waals surface area contributed by atoms with Crippen molar-refractivity contribution in [2.75, 3.05) is 18.6 Å².